The monoisotopic (exact) mass is 301 g/mol. The van der Waals surface area contributed by atoms with Crippen molar-refractivity contribution in [3.05, 3.63) is 30.0 Å². The molecule has 0 spiro atoms. The summed E-state index contributed by atoms with van der Waals surface area (Å²) in [4.78, 5) is 11.8. The smallest absolute Gasteiger partial charge is 0.407 e. The maximum Gasteiger partial charge on any atom is 0.407 e. The van der Waals surface area contributed by atoms with Crippen LogP contribution in [0.1, 0.15) is 45.1 Å². The number of carbonyl (C=O) groups excluding carboxylic acids is 1. The SMILES string of the molecule is Cn1ncc2c(C3CC(NC(=O)OC(C)(C)C)C3)cccc21. The fourth-order valence-corrected chi connectivity index (χ4v) is 3.02. The van der Waals surface area contributed by atoms with Gasteiger partial charge in [-0.15, -0.1) is 0 Å². The van der Waals surface area contributed by atoms with Gasteiger partial charge in [0.25, 0.3) is 0 Å². The summed E-state index contributed by atoms with van der Waals surface area (Å²) in [5.41, 5.74) is 2.03. The number of benzene rings is 1. The Morgan fingerprint density at radius 1 is 1.36 bits per heavy atom. The molecule has 1 aliphatic carbocycles. The minimum atomic E-state index is -0.450. The number of aromatic nitrogens is 2. The molecule has 3 rings (SSSR count). The summed E-state index contributed by atoms with van der Waals surface area (Å²) in [6.07, 6.45) is 3.51. The van der Waals surface area contributed by atoms with Gasteiger partial charge in [-0.2, -0.15) is 5.10 Å². The average molecular weight is 301 g/mol. The molecule has 118 valence electrons. The second kappa shape index (κ2) is 5.30. The zero-order chi connectivity index (χ0) is 15.9. The van der Waals surface area contributed by atoms with Crippen molar-refractivity contribution in [1.29, 1.82) is 0 Å². The number of fused-ring (bicyclic) bond motifs is 1. The third kappa shape index (κ3) is 2.93. The summed E-state index contributed by atoms with van der Waals surface area (Å²) in [7, 11) is 1.96. The fraction of sp³-hybridized carbons (Fsp3) is 0.529. The maximum atomic E-state index is 11.8. The number of alkyl carbamates (subject to hydrolysis) is 1. The fourth-order valence-electron chi connectivity index (χ4n) is 3.02. The van der Waals surface area contributed by atoms with E-state index in [9.17, 15) is 4.79 Å². The largest absolute Gasteiger partial charge is 0.444 e. The quantitative estimate of drug-likeness (QED) is 0.925. The van der Waals surface area contributed by atoms with Crippen molar-refractivity contribution in [3.63, 3.8) is 0 Å². The number of aryl methyl sites for hydroxylation is 1. The van der Waals surface area contributed by atoms with Crippen molar-refractivity contribution >= 4 is 17.0 Å². The number of amides is 1. The van der Waals surface area contributed by atoms with Gasteiger partial charge in [0.2, 0.25) is 0 Å². The van der Waals surface area contributed by atoms with Crippen LogP contribution < -0.4 is 5.32 Å². The van der Waals surface area contributed by atoms with E-state index < -0.39 is 5.60 Å². The Labute approximate surface area is 130 Å². The van der Waals surface area contributed by atoms with E-state index in [4.69, 9.17) is 4.74 Å². The summed E-state index contributed by atoms with van der Waals surface area (Å²) in [5, 5.41) is 8.49. The molecule has 1 aliphatic rings. The average Bonchev–Trinajstić information content (AvgIpc) is 2.74. The van der Waals surface area contributed by atoms with Gasteiger partial charge in [0, 0.05) is 18.5 Å². The molecule has 1 saturated carbocycles. The Bertz CT molecular complexity index is 693. The third-order valence-corrected chi connectivity index (χ3v) is 4.12. The van der Waals surface area contributed by atoms with E-state index in [1.165, 1.54) is 10.9 Å². The van der Waals surface area contributed by atoms with E-state index in [1.54, 1.807) is 0 Å². The molecule has 0 bridgehead atoms. The van der Waals surface area contributed by atoms with Gasteiger partial charge < -0.3 is 10.1 Å². The molecular weight excluding hydrogens is 278 g/mol. The number of nitrogens with zero attached hydrogens (tertiary/aromatic N) is 2. The van der Waals surface area contributed by atoms with Gasteiger partial charge >= 0.3 is 6.09 Å². The van der Waals surface area contributed by atoms with Crippen molar-refractivity contribution < 1.29 is 9.53 Å². The predicted octanol–water partition coefficient (Wildman–Crippen LogP) is 3.34. The van der Waals surface area contributed by atoms with Crippen molar-refractivity contribution in [2.75, 3.05) is 0 Å². The molecular formula is C17H23N3O2. The maximum absolute atomic E-state index is 11.8. The highest BCUT2D eigenvalue weighted by Gasteiger charge is 2.33. The van der Waals surface area contributed by atoms with Crippen LogP contribution in [-0.4, -0.2) is 27.5 Å². The first-order chi connectivity index (χ1) is 10.3. The molecule has 1 fully saturated rings. The van der Waals surface area contributed by atoms with Crippen molar-refractivity contribution in [3.8, 4) is 0 Å². The van der Waals surface area contributed by atoms with E-state index in [-0.39, 0.29) is 12.1 Å². The zero-order valence-corrected chi connectivity index (χ0v) is 13.6. The van der Waals surface area contributed by atoms with Crippen molar-refractivity contribution in [2.45, 2.75) is 51.2 Å². The summed E-state index contributed by atoms with van der Waals surface area (Å²) in [5.74, 6) is 0.479. The molecule has 1 aromatic carbocycles. The molecule has 0 unspecified atom stereocenters. The van der Waals surface area contributed by atoms with Crippen LogP contribution >= 0.6 is 0 Å². The highest BCUT2D eigenvalue weighted by Crippen LogP contribution is 2.40. The molecule has 0 aliphatic heterocycles. The Kier molecular flexibility index (Phi) is 3.59. The number of hydrogen-bond acceptors (Lipinski definition) is 3. The minimum Gasteiger partial charge on any atom is -0.444 e. The first-order valence-electron chi connectivity index (χ1n) is 7.73. The van der Waals surface area contributed by atoms with Crippen LogP contribution in [0.5, 0.6) is 0 Å². The number of nitrogens with one attached hydrogen (secondary N) is 1. The summed E-state index contributed by atoms with van der Waals surface area (Å²) in [6.45, 7) is 5.62. The van der Waals surface area contributed by atoms with Crippen molar-refractivity contribution in [1.82, 2.24) is 15.1 Å². The van der Waals surface area contributed by atoms with E-state index >= 15 is 0 Å². The number of carbonyl (C=O) groups is 1. The predicted molar refractivity (Wildman–Crippen MR) is 85.8 cm³/mol. The standard InChI is InChI=1S/C17H23N3O2/c1-17(2,3)22-16(21)19-12-8-11(9-12)13-6-5-7-15-14(13)10-18-20(15)4/h5-7,10-12H,8-9H2,1-4H3,(H,19,21). The lowest BCUT2D eigenvalue weighted by Crippen LogP contribution is -2.45. The molecule has 0 atom stereocenters. The normalized spacial score (nSPS) is 21.5. The van der Waals surface area contributed by atoms with Crippen LogP contribution in [-0.2, 0) is 11.8 Å². The lowest BCUT2D eigenvalue weighted by atomic mass is 9.75. The Morgan fingerprint density at radius 3 is 2.77 bits per heavy atom. The topological polar surface area (TPSA) is 56.2 Å². The van der Waals surface area contributed by atoms with Crippen LogP contribution in [0.2, 0.25) is 0 Å². The molecule has 1 N–H and O–H groups in total. The molecule has 1 aromatic heterocycles. The summed E-state index contributed by atoms with van der Waals surface area (Å²) >= 11 is 0. The zero-order valence-electron chi connectivity index (χ0n) is 13.6. The van der Waals surface area contributed by atoms with E-state index in [2.05, 4.69) is 28.6 Å². The minimum absolute atomic E-state index is 0.201. The van der Waals surface area contributed by atoms with Gasteiger partial charge in [-0.1, -0.05) is 12.1 Å². The van der Waals surface area contributed by atoms with Crippen LogP contribution in [0.4, 0.5) is 4.79 Å². The molecule has 0 saturated heterocycles. The lowest BCUT2D eigenvalue weighted by molar-refractivity contribution is 0.0471. The molecule has 2 aromatic rings. The van der Waals surface area contributed by atoms with Crippen LogP contribution in [0.15, 0.2) is 24.4 Å². The second-order valence-corrected chi connectivity index (χ2v) is 7.06. The van der Waals surface area contributed by atoms with E-state index in [0.29, 0.717) is 5.92 Å². The van der Waals surface area contributed by atoms with Crippen molar-refractivity contribution in [2.24, 2.45) is 7.05 Å². The Hall–Kier alpha value is -2.04. The van der Waals surface area contributed by atoms with Gasteiger partial charge in [0.05, 0.1) is 11.7 Å². The number of ether oxygens (including phenoxy) is 1. The van der Waals surface area contributed by atoms with Crippen LogP contribution in [0.3, 0.4) is 0 Å². The number of rotatable bonds is 2. The highest BCUT2D eigenvalue weighted by molar-refractivity contribution is 5.83. The molecule has 0 radical (unpaired) electrons. The molecule has 1 heterocycles. The molecule has 5 heteroatoms. The molecule has 22 heavy (non-hydrogen) atoms. The van der Waals surface area contributed by atoms with Gasteiger partial charge in [0.15, 0.2) is 0 Å². The van der Waals surface area contributed by atoms with Crippen LogP contribution in [0, 0.1) is 0 Å². The number of hydrogen-bond donors (Lipinski definition) is 1. The highest BCUT2D eigenvalue weighted by atomic mass is 16.6. The Morgan fingerprint density at radius 2 is 2.09 bits per heavy atom. The van der Waals surface area contributed by atoms with E-state index in [0.717, 1.165) is 18.4 Å². The van der Waals surface area contributed by atoms with Crippen LogP contribution in [0.25, 0.3) is 10.9 Å². The van der Waals surface area contributed by atoms with Gasteiger partial charge in [-0.25, -0.2) is 4.79 Å². The second-order valence-electron chi connectivity index (χ2n) is 7.06. The van der Waals surface area contributed by atoms with Gasteiger partial charge in [-0.3, -0.25) is 4.68 Å². The third-order valence-electron chi connectivity index (χ3n) is 4.12. The summed E-state index contributed by atoms with van der Waals surface area (Å²) in [6, 6.07) is 6.53. The van der Waals surface area contributed by atoms with Gasteiger partial charge in [-0.05, 0) is 51.2 Å². The first-order valence-corrected chi connectivity index (χ1v) is 7.73. The lowest BCUT2D eigenvalue weighted by Gasteiger charge is -2.36. The van der Waals surface area contributed by atoms with Gasteiger partial charge in [0.1, 0.15) is 5.60 Å². The summed E-state index contributed by atoms with van der Waals surface area (Å²) < 4.78 is 7.19. The molecule has 5 nitrogen and oxygen atoms in total. The Balaban J connectivity index is 1.62. The van der Waals surface area contributed by atoms with E-state index in [1.807, 2.05) is 38.7 Å². The molecule has 1 amide bonds. The first kappa shape index (κ1) is 14.9.